The van der Waals surface area contributed by atoms with Crippen LogP contribution in [-0.4, -0.2) is 37.3 Å². The number of rotatable bonds is 7. The van der Waals surface area contributed by atoms with Crippen molar-refractivity contribution in [2.45, 2.75) is 26.4 Å². The van der Waals surface area contributed by atoms with E-state index in [0.717, 1.165) is 17.5 Å². The number of nitrogens with one attached hydrogen (secondary N) is 2. The summed E-state index contributed by atoms with van der Waals surface area (Å²) in [4.78, 5) is 43.4. The number of pyridine rings is 1. The normalized spacial score (nSPS) is 11.5. The third-order valence-corrected chi connectivity index (χ3v) is 4.41. The van der Waals surface area contributed by atoms with Crippen LogP contribution in [0.25, 0.3) is 5.82 Å². The van der Waals surface area contributed by atoms with Gasteiger partial charge in [0.2, 0.25) is 5.91 Å². The van der Waals surface area contributed by atoms with E-state index < -0.39 is 16.9 Å². The average molecular weight is 408 g/mol. The molecule has 30 heavy (non-hydrogen) atoms. The van der Waals surface area contributed by atoms with Crippen molar-refractivity contribution in [3.63, 3.8) is 0 Å². The molecule has 0 bridgehead atoms. The highest BCUT2D eigenvalue weighted by Gasteiger charge is 2.18. The third kappa shape index (κ3) is 4.85. The van der Waals surface area contributed by atoms with Crippen LogP contribution in [0.15, 0.2) is 55.0 Å². The fraction of sp³-hybridized carbons (Fsp3) is 0.200. The van der Waals surface area contributed by atoms with Gasteiger partial charge in [0, 0.05) is 42.8 Å². The number of hydrogen-bond acceptors (Lipinski definition) is 6. The van der Waals surface area contributed by atoms with Gasteiger partial charge in [-0.05, 0) is 37.6 Å². The van der Waals surface area contributed by atoms with Gasteiger partial charge in [0.05, 0.1) is 4.92 Å². The Morgan fingerprint density at radius 2 is 2.00 bits per heavy atom. The highest BCUT2D eigenvalue weighted by Crippen LogP contribution is 2.13. The lowest BCUT2D eigenvalue weighted by Gasteiger charge is -2.14. The zero-order valence-corrected chi connectivity index (χ0v) is 16.4. The molecule has 0 saturated heterocycles. The molecule has 10 nitrogen and oxygen atoms in total. The van der Waals surface area contributed by atoms with E-state index >= 15 is 0 Å². The first-order chi connectivity index (χ1) is 14.3. The topological polar surface area (TPSA) is 132 Å². The minimum atomic E-state index is -0.825. The van der Waals surface area contributed by atoms with Crippen LogP contribution in [0.2, 0.25) is 0 Å². The molecule has 3 rings (SSSR count). The van der Waals surface area contributed by atoms with Crippen molar-refractivity contribution in [2.75, 3.05) is 0 Å². The number of aromatic nitrogens is 3. The van der Waals surface area contributed by atoms with Crippen LogP contribution in [0.4, 0.5) is 5.69 Å². The summed E-state index contributed by atoms with van der Waals surface area (Å²) in [7, 11) is 0. The Kier molecular flexibility index (Phi) is 6.16. The number of nitro benzene ring substituents is 1. The predicted octanol–water partition coefficient (Wildman–Crippen LogP) is 1.92. The number of amides is 2. The fourth-order valence-electron chi connectivity index (χ4n) is 2.77. The standard InChI is InChI=1S/C20H20N6O4/c1-13(24-20(28)16-4-3-5-17(11-16)26(29)30)19(27)23-12-15-6-7-22-18(10-15)25-9-8-21-14(25)2/h3-11,13H,12H2,1-2H3,(H,23,27)(H,24,28)/t13-/m0/s1. The summed E-state index contributed by atoms with van der Waals surface area (Å²) in [6, 6.07) is 8.11. The number of benzene rings is 1. The molecule has 154 valence electrons. The maximum Gasteiger partial charge on any atom is 0.270 e. The summed E-state index contributed by atoms with van der Waals surface area (Å²) in [5.41, 5.74) is 0.748. The van der Waals surface area contributed by atoms with Crippen molar-refractivity contribution in [1.29, 1.82) is 0 Å². The molecule has 0 unspecified atom stereocenters. The number of nitrogens with zero attached hydrogens (tertiary/aromatic N) is 4. The monoisotopic (exact) mass is 408 g/mol. The molecule has 2 aromatic heterocycles. The first-order valence-electron chi connectivity index (χ1n) is 9.13. The largest absolute Gasteiger partial charge is 0.350 e. The lowest BCUT2D eigenvalue weighted by Crippen LogP contribution is -2.44. The molecule has 1 atom stereocenters. The molecule has 2 amide bonds. The zero-order valence-electron chi connectivity index (χ0n) is 16.4. The minimum Gasteiger partial charge on any atom is -0.350 e. The first kappa shape index (κ1) is 20.6. The molecule has 0 radical (unpaired) electrons. The molecule has 2 heterocycles. The summed E-state index contributed by atoms with van der Waals surface area (Å²) in [6.07, 6.45) is 5.12. The van der Waals surface area contributed by atoms with Crippen molar-refractivity contribution >= 4 is 17.5 Å². The summed E-state index contributed by atoms with van der Waals surface area (Å²) in [5.74, 6) is 0.527. The Morgan fingerprint density at radius 1 is 1.20 bits per heavy atom. The van der Waals surface area contributed by atoms with E-state index in [1.165, 1.54) is 25.1 Å². The van der Waals surface area contributed by atoms with Crippen LogP contribution in [0.1, 0.15) is 28.7 Å². The first-order valence-corrected chi connectivity index (χ1v) is 9.13. The van der Waals surface area contributed by atoms with Crippen LogP contribution < -0.4 is 10.6 Å². The van der Waals surface area contributed by atoms with Crippen molar-refractivity contribution in [1.82, 2.24) is 25.2 Å². The number of imidazole rings is 1. The van der Waals surface area contributed by atoms with Gasteiger partial charge in [0.1, 0.15) is 17.7 Å². The summed E-state index contributed by atoms with van der Waals surface area (Å²) in [6.45, 7) is 3.65. The SMILES string of the molecule is Cc1nccn1-c1cc(CNC(=O)[C@H](C)NC(=O)c2cccc([N+](=O)[O-])c2)ccn1. The highest BCUT2D eigenvalue weighted by molar-refractivity contribution is 5.97. The molecular weight excluding hydrogens is 388 g/mol. The van der Waals surface area contributed by atoms with Crippen LogP contribution in [0.5, 0.6) is 0 Å². The van der Waals surface area contributed by atoms with Gasteiger partial charge in [-0.2, -0.15) is 0 Å². The molecule has 0 fully saturated rings. The lowest BCUT2D eigenvalue weighted by atomic mass is 10.1. The Bertz CT molecular complexity index is 1090. The Labute approximate surface area is 172 Å². The van der Waals surface area contributed by atoms with Crippen LogP contribution in [0.3, 0.4) is 0 Å². The second-order valence-electron chi connectivity index (χ2n) is 6.59. The van der Waals surface area contributed by atoms with E-state index in [2.05, 4.69) is 20.6 Å². The van der Waals surface area contributed by atoms with E-state index in [1.807, 2.05) is 17.6 Å². The molecule has 10 heteroatoms. The number of hydrogen-bond donors (Lipinski definition) is 2. The van der Waals surface area contributed by atoms with E-state index in [1.54, 1.807) is 24.7 Å². The Balaban J connectivity index is 1.59. The maximum atomic E-state index is 12.4. The quantitative estimate of drug-likeness (QED) is 0.453. The van der Waals surface area contributed by atoms with Gasteiger partial charge >= 0.3 is 0 Å². The van der Waals surface area contributed by atoms with E-state index in [0.29, 0.717) is 5.82 Å². The molecule has 0 aliphatic heterocycles. The highest BCUT2D eigenvalue weighted by atomic mass is 16.6. The molecular formula is C20H20N6O4. The van der Waals surface area contributed by atoms with E-state index in [-0.39, 0.29) is 23.7 Å². The average Bonchev–Trinajstić information content (AvgIpc) is 3.18. The van der Waals surface area contributed by atoms with Crippen molar-refractivity contribution in [3.05, 3.63) is 82.1 Å². The molecule has 3 aromatic rings. The second kappa shape index (κ2) is 8.95. The van der Waals surface area contributed by atoms with Crippen molar-refractivity contribution < 1.29 is 14.5 Å². The van der Waals surface area contributed by atoms with Gasteiger partial charge in [0.25, 0.3) is 11.6 Å². The Hall–Kier alpha value is -4.08. The van der Waals surface area contributed by atoms with Crippen molar-refractivity contribution in [2.24, 2.45) is 0 Å². The third-order valence-electron chi connectivity index (χ3n) is 4.41. The fourth-order valence-corrected chi connectivity index (χ4v) is 2.77. The van der Waals surface area contributed by atoms with Gasteiger partial charge in [0.15, 0.2) is 0 Å². The molecule has 1 aromatic carbocycles. The van der Waals surface area contributed by atoms with Gasteiger partial charge in [-0.15, -0.1) is 0 Å². The van der Waals surface area contributed by atoms with Gasteiger partial charge in [-0.3, -0.25) is 24.3 Å². The van der Waals surface area contributed by atoms with Gasteiger partial charge in [-0.25, -0.2) is 9.97 Å². The van der Waals surface area contributed by atoms with Crippen LogP contribution >= 0.6 is 0 Å². The number of non-ortho nitro benzene ring substituents is 1. The molecule has 0 aliphatic carbocycles. The summed E-state index contributed by atoms with van der Waals surface area (Å²) < 4.78 is 1.83. The van der Waals surface area contributed by atoms with E-state index in [4.69, 9.17) is 0 Å². The molecule has 0 saturated carbocycles. The smallest absolute Gasteiger partial charge is 0.270 e. The Morgan fingerprint density at radius 3 is 2.70 bits per heavy atom. The number of aryl methyl sites for hydroxylation is 1. The van der Waals surface area contributed by atoms with Crippen molar-refractivity contribution in [3.8, 4) is 5.82 Å². The summed E-state index contributed by atoms with van der Waals surface area (Å²) in [5, 5.41) is 16.1. The van der Waals surface area contributed by atoms with E-state index in [9.17, 15) is 19.7 Å². The number of nitro groups is 1. The minimum absolute atomic E-state index is 0.110. The maximum absolute atomic E-state index is 12.4. The predicted molar refractivity (Wildman–Crippen MR) is 108 cm³/mol. The van der Waals surface area contributed by atoms with Gasteiger partial charge < -0.3 is 10.6 Å². The number of carbonyl (C=O) groups excluding carboxylic acids is 2. The molecule has 2 N–H and O–H groups in total. The second-order valence-corrected chi connectivity index (χ2v) is 6.59. The summed E-state index contributed by atoms with van der Waals surface area (Å²) >= 11 is 0. The lowest BCUT2D eigenvalue weighted by molar-refractivity contribution is -0.384. The van der Waals surface area contributed by atoms with Crippen LogP contribution in [0, 0.1) is 17.0 Å². The van der Waals surface area contributed by atoms with Crippen LogP contribution in [-0.2, 0) is 11.3 Å². The number of carbonyl (C=O) groups is 2. The zero-order chi connectivity index (χ0) is 21.7. The molecule has 0 aliphatic rings. The van der Waals surface area contributed by atoms with Gasteiger partial charge in [-0.1, -0.05) is 6.07 Å². The molecule has 0 spiro atoms.